The number of nitrogens with one attached hydrogen (secondary N) is 1. The van der Waals surface area contributed by atoms with Crippen LogP contribution in [0.15, 0.2) is 72.8 Å². The minimum Gasteiger partial charge on any atom is -0.497 e. The van der Waals surface area contributed by atoms with Gasteiger partial charge >= 0.3 is 0 Å². The third-order valence-corrected chi connectivity index (χ3v) is 5.88. The molecular weight excluding hydrogens is 370 g/mol. The first-order valence-corrected chi connectivity index (χ1v) is 9.75. The molecule has 0 aliphatic carbocycles. The zero-order valence-corrected chi connectivity index (χ0v) is 15.9. The molecule has 138 valence electrons. The molecule has 1 atom stereocenters. The number of aromatic nitrogens is 1. The molecule has 28 heavy (non-hydrogen) atoms. The Morgan fingerprint density at radius 1 is 1.00 bits per heavy atom. The van der Waals surface area contributed by atoms with Crippen molar-refractivity contribution in [2.45, 2.75) is 6.17 Å². The molecule has 6 heteroatoms. The summed E-state index contributed by atoms with van der Waals surface area (Å²) >= 11 is 1.52. The van der Waals surface area contributed by atoms with E-state index in [-0.39, 0.29) is 12.1 Å². The second-order valence-electron chi connectivity index (χ2n) is 6.50. The van der Waals surface area contributed by atoms with Crippen molar-refractivity contribution in [2.24, 2.45) is 0 Å². The van der Waals surface area contributed by atoms with Crippen LogP contribution in [0.3, 0.4) is 0 Å². The second-order valence-corrected chi connectivity index (χ2v) is 7.51. The van der Waals surface area contributed by atoms with Crippen LogP contribution in [0.1, 0.15) is 22.1 Å². The number of benzene rings is 3. The van der Waals surface area contributed by atoms with Crippen molar-refractivity contribution in [2.75, 3.05) is 17.3 Å². The van der Waals surface area contributed by atoms with Crippen molar-refractivity contribution < 1.29 is 9.53 Å². The lowest BCUT2D eigenvalue weighted by Gasteiger charge is -2.36. The van der Waals surface area contributed by atoms with Gasteiger partial charge in [0.25, 0.3) is 5.91 Å². The van der Waals surface area contributed by atoms with E-state index in [2.05, 4.69) is 5.32 Å². The summed E-state index contributed by atoms with van der Waals surface area (Å²) in [7, 11) is 1.64. The van der Waals surface area contributed by atoms with Crippen LogP contribution < -0.4 is 15.0 Å². The molecule has 0 saturated carbocycles. The third-order valence-electron chi connectivity index (χ3n) is 4.85. The Hall–Kier alpha value is -3.38. The van der Waals surface area contributed by atoms with E-state index in [1.165, 1.54) is 11.3 Å². The molecule has 3 aromatic carbocycles. The topological polar surface area (TPSA) is 54.5 Å². The van der Waals surface area contributed by atoms with Gasteiger partial charge in [-0.3, -0.25) is 9.69 Å². The van der Waals surface area contributed by atoms with Crippen LogP contribution in [0.2, 0.25) is 0 Å². The van der Waals surface area contributed by atoms with Crippen LogP contribution in [0.25, 0.3) is 10.2 Å². The van der Waals surface area contributed by atoms with E-state index in [0.29, 0.717) is 10.7 Å². The summed E-state index contributed by atoms with van der Waals surface area (Å²) in [5.41, 5.74) is 3.32. The van der Waals surface area contributed by atoms with Gasteiger partial charge < -0.3 is 10.1 Å². The highest BCUT2D eigenvalue weighted by molar-refractivity contribution is 7.22. The van der Waals surface area contributed by atoms with Crippen molar-refractivity contribution in [3.05, 3.63) is 83.9 Å². The highest BCUT2D eigenvalue weighted by Crippen LogP contribution is 2.39. The maximum absolute atomic E-state index is 13.4. The first kappa shape index (κ1) is 16.8. The molecule has 5 nitrogen and oxygen atoms in total. The van der Waals surface area contributed by atoms with E-state index in [1.807, 2.05) is 72.8 Å². The molecule has 1 N–H and O–H groups in total. The van der Waals surface area contributed by atoms with Gasteiger partial charge in [0, 0.05) is 5.69 Å². The van der Waals surface area contributed by atoms with E-state index >= 15 is 0 Å². The predicted octanol–water partition coefficient (Wildman–Crippen LogP) is 5.08. The van der Waals surface area contributed by atoms with Crippen LogP contribution in [-0.4, -0.2) is 18.0 Å². The van der Waals surface area contributed by atoms with Gasteiger partial charge in [0.05, 0.1) is 22.9 Å². The van der Waals surface area contributed by atoms with Gasteiger partial charge in [0.15, 0.2) is 5.13 Å². The molecule has 0 spiro atoms. The highest BCUT2D eigenvalue weighted by Gasteiger charge is 2.35. The standard InChI is InChI=1S/C22H17N3O2S/c1-27-15-12-10-14(11-13-15)20-23-17-7-3-2-6-16(17)21(26)25(20)22-24-18-8-4-5-9-19(18)28-22/h2-13,20,23H,1H3. The van der Waals surface area contributed by atoms with Crippen molar-refractivity contribution in [1.82, 2.24) is 4.98 Å². The van der Waals surface area contributed by atoms with Crippen molar-refractivity contribution >= 4 is 38.3 Å². The van der Waals surface area contributed by atoms with Gasteiger partial charge in [-0.1, -0.05) is 47.7 Å². The number of anilines is 2. The lowest BCUT2D eigenvalue weighted by Crippen LogP contribution is -2.43. The Kier molecular flexibility index (Phi) is 3.98. The maximum atomic E-state index is 13.4. The van der Waals surface area contributed by atoms with Gasteiger partial charge in [-0.25, -0.2) is 4.98 Å². The summed E-state index contributed by atoms with van der Waals surface area (Å²) in [6, 6.07) is 23.2. The number of hydrogen-bond acceptors (Lipinski definition) is 5. The predicted molar refractivity (Wildman–Crippen MR) is 112 cm³/mol. The zero-order valence-electron chi connectivity index (χ0n) is 15.1. The molecule has 1 aromatic heterocycles. The summed E-state index contributed by atoms with van der Waals surface area (Å²) in [5.74, 6) is 0.715. The fourth-order valence-corrected chi connectivity index (χ4v) is 4.43. The fraction of sp³-hybridized carbons (Fsp3) is 0.0909. The number of carbonyl (C=O) groups is 1. The number of rotatable bonds is 3. The van der Waals surface area contributed by atoms with Crippen LogP contribution in [0, 0.1) is 0 Å². The van der Waals surface area contributed by atoms with Gasteiger partial charge in [0.1, 0.15) is 11.9 Å². The van der Waals surface area contributed by atoms with E-state index < -0.39 is 0 Å². The number of carbonyl (C=O) groups excluding carboxylic acids is 1. The van der Waals surface area contributed by atoms with Crippen molar-refractivity contribution in [3.63, 3.8) is 0 Å². The SMILES string of the molecule is COc1ccc(C2Nc3ccccc3C(=O)N2c2nc3ccccc3s2)cc1. The molecule has 5 rings (SSSR count). The summed E-state index contributed by atoms with van der Waals surface area (Å²) in [4.78, 5) is 19.9. The molecule has 0 fully saturated rings. The number of amides is 1. The number of fused-ring (bicyclic) bond motifs is 2. The lowest BCUT2D eigenvalue weighted by molar-refractivity contribution is 0.0975. The second kappa shape index (κ2) is 6.65. The maximum Gasteiger partial charge on any atom is 0.264 e. The van der Waals surface area contributed by atoms with Crippen LogP contribution in [0.4, 0.5) is 10.8 Å². The van der Waals surface area contributed by atoms with Crippen LogP contribution >= 0.6 is 11.3 Å². The zero-order chi connectivity index (χ0) is 19.1. The lowest BCUT2D eigenvalue weighted by atomic mass is 10.0. The first-order chi connectivity index (χ1) is 13.7. The molecule has 1 aliphatic rings. The Bertz CT molecular complexity index is 1140. The molecule has 0 radical (unpaired) electrons. The molecule has 0 bridgehead atoms. The number of thiazole rings is 1. The quantitative estimate of drug-likeness (QED) is 0.533. The molecule has 1 unspecified atom stereocenters. The summed E-state index contributed by atoms with van der Waals surface area (Å²) in [6.45, 7) is 0. The Morgan fingerprint density at radius 3 is 2.54 bits per heavy atom. The van der Waals surface area contributed by atoms with Gasteiger partial charge in [0.2, 0.25) is 0 Å². The average Bonchev–Trinajstić information content (AvgIpc) is 3.17. The van der Waals surface area contributed by atoms with Crippen LogP contribution in [0.5, 0.6) is 5.75 Å². The number of para-hydroxylation sites is 2. The molecule has 1 aliphatic heterocycles. The van der Waals surface area contributed by atoms with Gasteiger partial charge in [-0.2, -0.15) is 0 Å². The normalized spacial score (nSPS) is 16.0. The van der Waals surface area contributed by atoms with Crippen molar-refractivity contribution in [3.8, 4) is 5.75 Å². The van der Waals surface area contributed by atoms with Gasteiger partial charge in [-0.05, 0) is 42.0 Å². The fourth-order valence-electron chi connectivity index (χ4n) is 3.43. The van der Waals surface area contributed by atoms with E-state index in [9.17, 15) is 4.79 Å². The largest absolute Gasteiger partial charge is 0.497 e. The number of methoxy groups -OCH3 is 1. The van der Waals surface area contributed by atoms with E-state index in [4.69, 9.17) is 9.72 Å². The molecule has 1 amide bonds. The first-order valence-electron chi connectivity index (χ1n) is 8.93. The number of nitrogens with zero attached hydrogens (tertiary/aromatic N) is 2. The number of hydrogen-bond donors (Lipinski definition) is 1. The minimum absolute atomic E-state index is 0.0609. The number of ether oxygens (including phenoxy) is 1. The summed E-state index contributed by atoms with van der Waals surface area (Å²) in [5, 5.41) is 4.18. The Balaban J connectivity index is 1.66. The minimum atomic E-state index is -0.353. The molecular formula is C22H17N3O2S. The summed E-state index contributed by atoms with van der Waals surface area (Å²) in [6.07, 6.45) is -0.353. The molecule has 4 aromatic rings. The van der Waals surface area contributed by atoms with Crippen molar-refractivity contribution in [1.29, 1.82) is 0 Å². The monoisotopic (exact) mass is 387 g/mol. The van der Waals surface area contributed by atoms with Crippen LogP contribution in [-0.2, 0) is 0 Å². The smallest absolute Gasteiger partial charge is 0.264 e. The molecule has 2 heterocycles. The molecule has 0 saturated heterocycles. The third kappa shape index (κ3) is 2.70. The van der Waals surface area contributed by atoms with E-state index in [0.717, 1.165) is 27.2 Å². The van der Waals surface area contributed by atoms with Gasteiger partial charge in [-0.15, -0.1) is 0 Å². The Labute approximate surface area is 166 Å². The van der Waals surface area contributed by atoms with E-state index in [1.54, 1.807) is 12.0 Å². The summed E-state index contributed by atoms with van der Waals surface area (Å²) < 4.78 is 6.33. The average molecular weight is 387 g/mol. The Morgan fingerprint density at radius 2 is 1.75 bits per heavy atom. The highest BCUT2D eigenvalue weighted by atomic mass is 32.1.